The van der Waals surface area contributed by atoms with Crippen molar-refractivity contribution < 1.29 is 8.78 Å². The number of rotatable bonds is 3. The number of benzene rings is 6. The van der Waals surface area contributed by atoms with Gasteiger partial charge < -0.3 is 5.32 Å². The van der Waals surface area contributed by atoms with E-state index >= 15 is 0 Å². The van der Waals surface area contributed by atoms with Gasteiger partial charge in [0.2, 0.25) is 0 Å². The molecule has 6 aromatic carbocycles. The highest BCUT2D eigenvalue weighted by Gasteiger charge is 2.18. The van der Waals surface area contributed by atoms with E-state index in [0.29, 0.717) is 46.0 Å². The van der Waals surface area contributed by atoms with Crippen LogP contribution in [0.2, 0.25) is 0 Å². The van der Waals surface area contributed by atoms with Gasteiger partial charge >= 0.3 is 0 Å². The Morgan fingerprint density at radius 2 is 1.03 bits per heavy atom. The van der Waals surface area contributed by atoms with Gasteiger partial charge in [0, 0.05) is 85.3 Å². The maximum Gasteiger partial charge on any atom is 0.261 e. The Morgan fingerprint density at radius 1 is 0.523 bits per heavy atom. The number of fused-ring (bicyclic) bond motifs is 4. The lowest BCUT2D eigenvalue weighted by Gasteiger charge is -2.19. The molecule has 324 valence electrons. The molecule has 8 aromatic rings. The lowest BCUT2D eigenvalue weighted by atomic mass is 10.1. The molecular weight excluding hydrogens is 930 g/mol. The summed E-state index contributed by atoms with van der Waals surface area (Å²) in [5, 5.41) is 4.48. The average Bonchev–Trinajstić information content (AvgIpc) is 3.70. The molecule has 0 atom stereocenters. The van der Waals surface area contributed by atoms with Crippen molar-refractivity contribution in [2.24, 2.45) is 0 Å². The fraction of sp³-hybridized carbons (Fsp3) is 0.185. The molecule has 8 nitrogen and oxygen atoms in total. The quantitative estimate of drug-likeness (QED) is 0.109. The summed E-state index contributed by atoms with van der Waals surface area (Å²) >= 11 is 2.35. The third kappa shape index (κ3) is 11.9. The second-order valence-corrected chi connectivity index (χ2v) is 16.3. The molecule has 1 N–H and O–H groups in total. The second kappa shape index (κ2) is 21.7. The summed E-state index contributed by atoms with van der Waals surface area (Å²) in [6.07, 6.45) is 1.45. The van der Waals surface area contributed by atoms with Crippen LogP contribution in [0.5, 0.6) is 0 Å². The van der Waals surface area contributed by atoms with Gasteiger partial charge in [0.1, 0.15) is 23.3 Å². The highest BCUT2D eigenvalue weighted by molar-refractivity contribution is 14.1. The fourth-order valence-electron chi connectivity index (χ4n) is 7.65. The predicted molar refractivity (Wildman–Crippen MR) is 263 cm³/mol. The van der Waals surface area contributed by atoms with Crippen molar-refractivity contribution in [3.63, 3.8) is 0 Å². The summed E-state index contributed by atoms with van der Waals surface area (Å²) in [6, 6.07) is 44.0. The Bertz CT molecular complexity index is 3210. The van der Waals surface area contributed by atoms with Crippen LogP contribution in [0.3, 0.4) is 0 Å². The van der Waals surface area contributed by atoms with Crippen molar-refractivity contribution in [2.45, 2.75) is 36.9 Å². The molecule has 0 amide bonds. The molecule has 2 aliphatic rings. The van der Waals surface area contributed by atoms with E-state index in [9.17, 15) is 18.4 Å². The zero-order valence-electron chi connectivity index (χ0n) is 35.6. The normalized spacial score (nSPS) is 13.2. The summed E-state index contributed by atoms with van der Waals surface area (Å²) in [5.41, 5.74) is 6.69. The average molecular weight is 975 g/mol. The highest BCUT2D eigenvalue weighted by Crippen LogP contribution is 2.16. The van der Waals surface area contributed by atoms with Crippen LogP contribution in [-0.4, -0.2) is 50.2 Å². The minimum absolute atomic E-state index is 0.00352. The summed E-state index contributed by atoms with van der Waals surface area (Å²) in [5.74, 6) is 13.0. The number of hydrogen-bond donors (Lipinski definition) is 1. The SMILES string of the molecule is ICc1ccccc1.O=c1c2ccc(C#Cc3cccc(F)c3)cc2nc2n1CCN(Cc1ccccc1)CC2.O=c1c2ccc(C#Cc3cccc(F)c3)cc2nc2n1CCNCC2. The minimum atomic E-state index is -0.311. The molecule has 0 unspecified atom stereocenters. The molecule has 0 aliphatic carbocycles. The van der Waals surface area contributed by atoms with E-state index in [2.05, 4.69) is 110 Å². The molecule has 0 saturated carbocycles. The first-order chi connectivity index (χ1) is 31.8. The highest BCUT2D eigenvalue weighted by atomic mass is 127. The zero-order chi connectivity index (χ0) is 45.0. The van der Waals surface area contributed by atoms with E-state index in [1.54, 1.807) is 47.0 Å². The third-order valence-electron chi connectivity index (χ3n) is 11.0. The van der Waals surface area contributed by atoms with E-state index in [1.807, 2.05) is 34.9 Å². The molecule has 2 aliphatic heterocycles. The Hall–Kier alpha value is -6.77. The van der Waals surface area contributed by atoms with Gasteiger partial charge in [-0.15, -0.1) is 0 Å². The van der Waals surface area contributed by atoms with E-state index in [-0.39, 0.29) is 22.8 Å². The van der Waals surface area contributed by atoms with Crippen LogP contribution in [0.1, 0.15) is 45.0 Å². The maximum atomic E-state index is 13.4. The molecule has 0 bridgehead atoms. The number of alkyl halides is 1. The van der Waals surface area contributed by atoms with Crippen LogP contribution in [0, 0.1) is 35.3 Å². The smallest absolute Gasteiger partial charge is 0.261 e. The van der Waals surface area contributed by atoms with Crippen molar-refractivity contribution in [2.75, 3.05) is 26.2 Å². The molecule has 0 radical (unpaired) electrons. The topological polar surface area (TPSA) is 85.1 Å². The van der Waals surface area contributed by atoms with Crippen molar-refractivity contribution in [1.29, 1.82) is 0 Å². The second-order valence-electron chi connectivity index (χ2n) is 15.6. The van der Waals surface area contributed by atoms with Crippen LogP contribution in [-0.2, 0) is 36.9 Å². The third-order valence-corrected chi connectivity index (χ3v) is 11.9. The van der Waals surface area contributed by atoms with Gasteiger partial charge in [0.05, 0.1) is 21.8 Å². The lowest BCUT2D eigenvalue weighted by molar-refractivity contribution is 0.271. The standard InChI is InChI=1S/C27H22FN3O.C20H16FN3O.C7H7I/c28-23-8-4-7-20(17-23)9-10-21-11-12-24-25(18-21)29-26-13-14-30(15-16-31(26)27(24)32)19-22-5-2-1-3-6-22;21-16-3-1-2-14(12-16)4-5-15-6-7-17-18(13-15)23-19-8-9-22-10-11-24(19)20(17)25;8-6-7-4-2-1-3-5-7/h1-8,11-12,17-18H,13-16,19H2;1-3,6-7,12-13,22H,8-11H2;1-5H,6H2. The van der Waals surface area contributed by atoms with Gasteiger partial charge in [-0.3, -0.25) is 23.6 Å². The molecule has 0 fully saturated rings. The van der Waals surface area contributed by atoms with Crippen molar-refractivity contribution in [1.82, 2.24) is 29.3 Å². The Balaban J connectivity index is 0.000000155. The van der Waals surface area contributed by atoms with Gasteiger partial charge in [0.15, 0.2) is 0 Å². The lowest BCUT2D eigenvalue weighted by Crippen LogP contribution is -2.28. The summed E-state index contributed by atoms with van der Waals surface area (Å²) in [7, 11) is 0. The molecule has 0 saturated heterocycles. The van der Waals surface area contributed by atoms with Crippen molar-refractivity contribution in [3.8, 4) is 23.7 Å². The molecule has 65 heavy (non-hydrogen) atoms. The van der Waals surface area contributed by atoms with Crippen LogP contribution in [0.25, 0.3) is 21.8 Å². The predicted octanol–water partition coefficient (Wildman–Crippen LogP) is 8.70. The Labute approximate surface area is 390 Å². The van der Waals surface area contributed by atoms with Crippen LogP contribution >= 0.6 is 22.6 Å². The number of aromatic nitrogens is 4. The van der Waals surface area contributed by atoms with Crippen LogP contribution in [0.4, 0.5) is 8.78 Å². The van der Waals surface area contributed by atoms with E-state index < -0.39 is 0 Å². The number of nitrogens with one attached hydrogen (secondary N) is 1. The Kier molecular flexibility index (Phi) is 15.0. The number of nitrogens with zero attached hydrogens (tertiary/aromatic N) is 5. The summed E-state index contributed by atoms with van der Waals surface area (Å²) in [6.45, 7) is 5.39. The van der Waals surface area contributed by atoms with Gasteiger partial charge in [-0.05, 0) is 83.9 Å². The molecule has 10 rings (SSSR count). The van der Waals surface area contributed by atoms with Gasteiger partial charge in [0.25, 0.3) is 11.1 Å². The van der Waals surface area contributed by atoms with E-state index in [1.165, 1.54) is 35.4 Å². The van der Waals surface area contributed by atoms with E-state index in [0.717, 1.165) is 72.8 Å². The largest absolute Gasteiger partial charge is 0.315 e. The van der Waals surface area contributed by atoms with Gasteiger partial charge in [-0.25, -0.2) is 18.7 Å². The monoisotopic (exact) mass is 974 g/mol. The first kappa shape index (κ1) is 44.8. The summed E-state index contributed by atoms with van der Waals surface area (Å²) in [4.78, 5) is 37.7. The fourth-order valence-corrected chi connectivity index (χ4v) is 8.16. The Morgan fingerprint density at radius 3 is 1.55 bits per heavy atom. The van der Waals surface area contributed by atoms with Crippen LogP contribution in [0.15, 0.2) is 155 Å². The summed E-state index contributed by atoms with van der Waals surface area (Å²) < 4.78 is 31.3. The molecule has 11 heteroatoms. The van der Waals surface area contributed by atoms with Crippen LogP contribution < -0.4 is 16.4 Å². The molecule has 4 heterocycles. The maximum absolute atomic E-state index is 13.4. The first-order valence-corrected chi connectivity index (χ1v) is 23.0. The van der Waals surface area contributed by atoms with Crippen molar-refractivity contribution in [3.05, 3.63) is 223 Å². The van der Waals surface area contributed by atoms with Crippen molar-refractivity contribution >= 4 is 44.4 Å². The number of hydrogen-bond acceptors (Lipinski definition) is 6. The zero-order valence-corrected chi connectivity index (χ0v) is 37.8. The minimum Gasteiger partial charge on any atom is -0.315 e. The van der Waals surface area contributed by atoms with Gasteiger partial charge in [-0.1, -0.05) is 119 Å². The molecule has 2 aromatic heterocycles. The molecule has 0 spiro atoms. The first-order valence-electron chi connectivity index (χ1n) is 21.5. The molecular formula is C54H45F2IN6O2. The number of halogens is 3. The van der Waals surface area contributed by atoms with E-state index in [4.69, 9.17) is 4.98 Å². The van der Waals surface area contributed by atoms with Gasteiger partial charge in [-0.2, -0.15) is 0 Å².